The average Bonchev–Trinajstić information content (AvgIpc) is 2.44. The van der Waals surface area contributed by atoms with E-state index in [4.69, 9.17) is 5.73 Å². The van der Waals surface area contributed by atoms with Crippen LogP contribution in [0, 0.1) is 6.92 Å². The normalized spacial score (nSPS) is 10.4. The molecule has 0 saturated heterocycles. The molecule has 0 bridgehead atoms. The summed E-state index contributed by atoms with van der Waals surface area (Å²) in [6, 6.07) is 14.2. The molecular formula is C16H21N3. The Morgan fingerprint density at radius 3 is 2.53 bits per heavy atom. The molecule has 0 aliphatic heterocycles. The van der Waals surface area contributed by atoms with Gasteiger partial charge in [0.05, 0.1) is 5.69 Å². The number of unbranched alkanes of at least 4 members (excludes halogenated alkanes) is 1. The van der Waals surface area contributed by atoms with E-state index in [0.29, 0.717) is 0 Å². The zero-order valence-corrected chi connectivity index (χ0v) is 11.6. The number of nitrogen functional groups attached to an aromatic ring is 1. The Hall–Kier alpha value is -2.03. The summed E-state index contributed by atoms with van der Waals surface area (Å²) in [7, 11) is 0. The van der Waals surface area contributed by atoms with Crippen LogP contribution in [-0.2, 0) is 0 Å². The van der Waals surface area contributed by atoms with E-state index < -0.39 is 0 Å². The number of nitrogens with two attached hydrogens (primary N) is 1. The summed E-state index contributed by atoms with van der Waals surface area (Å²) in [6.07, 6.45) is 2.26. The van der Waals surface area contributed by atoms with E-state index in [-0.39, 0.29) is 0 Å². The molecule has 0 aliphatic carbocycles. The number of benzene rings is 1. The van der Waals surface area contributed by atoms with Gasteiger partial charge in [0, 0.05) is 17.9 Å². The Kier molecular flexibility index (Phi) is 4.39. The Morgan fingerprint density at radius 1 is 1.11 bits per heavy atom. The average molecular weight is 255 g/mol. The van der Waals surface area contributed by atoms with Crippen molar-refractivity contribution in [3.63, 3.8) is 0 Å². The van der Waals surface area contributed by atoms with Crippen LogP contribution in [0.3, 0.4) is 0 Å². The van der Waals surface area contributed by atoms with E-state index >= 15 is 0 Å². The quantitative estimate of drug-likeness (QED) is 0.880. The summed E-state index contributed by atoms with van der Waals surface area (Å²) in [5, 5.41) is 0. The van der Waals surface area contributed by atoms with Crippen molar-refractivity contribution >= 4 is 17.2 Å². The van der Waals surface area contributed by atoms with Gasteiger partial charge in [-0.25, -0.2) is 4.98 Å². The van der Waals surface area contributed by atoms with E-state index in [2.05, 4.69) is 28.9 Å². The maximum absolute atomic E-state index is 6.10. The summed E-state index contributed by atoms with van der Waals surface area (Å²) >= 11 is 0. The van der Waals surface area contributed by atoms with Crippen LogP contribution in [0.25, 0.3) is 0 Å². The van der Waals surface area contributed by atoms with Gasteiger partial charge < -0.3 is 10.6 Å². The van der Waals surface area contributed by atoms with Crippen molar-refractivity contribution in [1.29, 1.82) is 0 Å². The van der Waals surface area contributed by atoms with Crippen molar-refractivity contribution in [3.05, 3.63) is 48.2 Å². The van der Waals surface area contributed by atoms with Crippen LogP contribution in [0.1, 0.15) is 25.5 Å². The number of anilines is 3. The Bertz CT molecular complexity index is 523. The largest absolute Gasteiger partial charge is 0.396 e. The second-order valence-corrected chi connectivity index (χ2v) is 4.71. The highest BCUT2D eigenvalue weighted by atomic mass is 15.2. The van der Waals surface area contributed by atoms with Gasteiger partial charge in [-0.15, -0.1) is 0 Å². The lowest BCUT2D eigenvalue weighted by Crippen LogP contribution is -2.21. The van der Waals surface area contributed by atoms with Gasteiger partial charge in [-0.1, -0.05) is 31.5 Å². The molecule has 1 heterocycles. The molecule has 0 radical (unpaired) electrons. The minimum atomic E-state index is 0.727. The third kappa shape index (κ3) is 3.25. The zero-order chi connectivity index (χ0) is 13.7. The molecule has 3 heteroatoms. The van der Waals surface area contributed by atoms with Crippen molar-refractivity contribution in [2.75, 3.05) is 17.2 Å². The highest BCUT2D eigenvalue weighted by molar-refractivity contribution is 5.71. The van der Waals surface area contributed by atoms with Crippen molar-refractivity contribution in [3.8, 4) is 0 Å². The van der Waals surface area contributed by atoms with Crippen LogP contribution < -0.4 is 10.6 Å². The lowest BCUT2D eigenvalue weighted by molar-refractivity contribution is 0.779. The van der Waals surface area contributed by atoms with Gasteiger partial charge in [0.25, 0.3) is 0 Å². The monoisotopic (exact) mass is 255 g/mol. The van der Waals surface area contributed by atoms with Gasteiger partial charge in [-0.2, -0.15) is 0 Å². The van der Waals surface area contributed by atoms with Crippen molar-refractivity contribution < 1.29 is 0 Å². The molecule has 1 aromatic heterocycles. The van der Waals surface area contributed by atoms with Gasteiger partial charge in [-0.05, 0) is 37.6 Å². The number of aromatic nitrogens is 1. The highest BCUT2D eigenvalue weighted by Crippen LogP contribution is 2.28. The number of hydrogen-bond donors (Lipinski definition) is 1. The highest BCUT2D eigenvalue weighted by Gasteiger charge is 2.13. The predicted molar refractivity (Wildman–Crippen MR) is 81.7 cm³/mol. The van der Waals surface area contributed by atoms with Gasteiger partial charge in [0.2, 0.25) is 0 Å². The third-order valence-electron chi connectivity index (χ3n) is 3.10. The molecule has 0 saturated carbocycles. The number of aryl methyl sites for hydroxylation is 1. The molecule has 100 valence electrons. The third-order valence-corrected chi connectivity index (χ3v) is 3.10. The van der Waals surface area contributed by atoms with E-state index in [9.17, 15) is 0 Å². The topological polar surface area (TPSA) is 42.2 Å². The lowest BCUT2D eigenvalue weighted by Gasteiger charge is -2.25. The molecule has 0 unspecified atom stereocenters. The summed E-state index contributed by atoms with van der Waals surface area (Å²) in [5.74, 6) is 0.861. The van der Waals surface area contributed by atoms with Crippen LogP contribution in [0.5, 0.6) is 0 Å². The second kappa shape index (κ2) is 6.23. The van der Waals surface area contributed by atoms with E-state index in [1.807, 2.05) is 37.3 Å². The first-order valence-corrected chi connectivity index (χ1v) is 6.78. The second-order valence-electron chi connectivity index (χ2n) is 4.71. The lowest BCUT2D eigenvalue weighted by atomic mass is 10.2. The molecule has 19 heavy (non-hydrogen) atoms. The Labute approximate surface area is 115 Å². The van der Waals surface area contributed by atoms with Crippen LogP contribution in [0.2, 0.25) is 0 Å². The maximum atomic E-state index is 6.10. The van der Waals surface area contributed by atoms with Crippen molar-refractivity contribution in [2.45, 2.75) is 26.7 Å². The van der Waals surface area contributed by atoms with Crippen molar-refractivity contribution in [1.82, 2.24) is 4.98 Å². The summed E-state index contributed by atoms with van der Waals surface area (Å²) in [5.41, 5.74) is 8.95. The fraction of sp³-hybridized carbons (Fsp3) is 0.312. The first kappa shape index (κ1) is 13.4. The molecule has 0 spiro atoms. The van der Waals surface area contributed by atoms with Crippen LogP contribution in [-0.4, -0.2) is 11.5 Å². The summed E-state index contributed by atoms with van der Waals surface area (Å²) in [6.45, 7) is 5.11. The SMILES string of the molecule is CCCCN(c1ccccc1)c1nc(C)ccc1N. The number of nitrogens with zero attached hydrogens (tertiary/aromatic N) is 2. The molecular weight excluding hydrogens is 234 g/mol. The first-order valence-electron chi connectivity index (χ1n) is 6.78. The minimum Gasteiger partial charge on any atom is -0.396 e. The van der Waals surface area contributed by atoms with Gasteiger partial charge in [0.15, 0.2) is 5.82 Å². The van der Waals surface area contributed by atoms with Crippen LogP contribution >= 0.6 is 0 Å². The summed E-state index contributed by atoms with van der Waals surface area (Å²) < 4.78 is 0. The molecule has 2 N–H and O–H groups in total. The van der Waals surface area contributed by atoms with E-state index in [0.717, 1.165) is 42.3 Å². The molecule has 0 aliphatic rings. The minimum absolute atomic E-state index is 0.727. The smallest absolute Gasteiger partial charge is 0.156 e. The first-order chi connectivity index (χ1) is 9.22. The summed E-state index contributed by atoms with van der Waals surface area (Å²) in [4.78, 5) is 6.80. The number of rotatable bonds is 5. The van der Waals surface area contributed by atoms with E-state index in [1.54, 1.807) is 0 Å². The molecule has 0 atom stereocenters. The van der Waals surface area contributed by atoms with Gasteiger partial charge in [0.1, 0.15) is 0 Å². The Morgan fingerprint density at radius 2 is 1.84 bits per heavy atom. The van der Waals surface area contributed by atoms with E-state index in [1.165, 1.54) is 0 Å². The fourth-order valence-corrected chi connectivity index (χ4v) is 2.05. The Balaban J connectivity index is 2.40. The number of para-hydroxylation sites is 1. The van der Waals surface area contributed by atoms with Gasteiger partial charge >= 0.3 is 0 Å². The number of hydrogen-bond acceptors (Lipinski definition) is 3. The molecule has 1 aromatic carbocycles. The predicted octanol–water partition coefficient (Wildman–Crippen LogP) is 3.91. The van der Waals surface area contributed by atoms with Gasteiger partial charge in [-0.3, -0.25) is 0 Å². The molecule has 3 nitrogen and oxygen atoms in total. The fourth-order valence-electron chi connectivity index (χ4n) is 2.05. The molecule has 0 fully saturated rings. The number of pyridine rings is 1. The molecule has 2 aromatic rings. The van der Waals surface area contributed by atoms with Crippen molar-refractivity contribution in [2.24, 2.45) is 0 Å². The van der Waals surface area contributed by atoms with Crippen LogP contribution in [0.4, 0.5) is 17.2 Å². The van der Waals surface area contributed by atoms with Crippen LogP contribution in [0.15, 0.2) is 42.5 Å². The zero-order valence-electron chi connectivity index (χ0n) is 11.6. The standard InChI is InChI=1S/C16H21N3/c1-3-4-12-19(14-8-6-5-7-9-14)16-15(17)11-10-13(2)18-16/h5-11H,3-4,12,17H2,1-2H3. The molecule has 2 rings (SSSR count). The maximum Gasteiger partial charge on any atom is 0.156 e. The molecule has 0 amide bonds.